The molecule has 0 spiro atoms. The minimum Gasteiger partial charge on any atom is -0.507 e. The molecule has 3 rings (SSSR count). The molecule has 0 atom stereocenters. The Bertz CT molecular complexity index is 1550. The van der Waals surface area contributed by atoms with Crippen molar-refractivity contribution in [3.63, 3.8) is 0 Å². The first-order valence-electron chi connectivity index (χ1n) is 8.96. The van der Waals surface area contributed by atoms with Gasteiger partial charge in [-0.15, -0.1) is 5.11 Å². The molecular weight excluding hydrogens is 478 g/mol. The Balaban J connectivity index is 2.23. The molecule has 0 fully saturated rings. The molecule has 0 saturated heterocycles. The largest absolute Gasteiger partial charge is 0.507 e. The van der Waals surface area contributed by atoms with Crippen molar-refractivity contribution < 1.29 is 40.9 Å². The monoisotopic (exact) mass is 495 g/mol. The fourth-order valence-electron chi connectivity index (χ4n) is 3.03. The van der Waals surface area contributed by atoms with E-state index in [1.807, 2.05) is 0 Å². The zero-order valence-corrected chi connectivity index (χ0v) is 18.6. The molecular formula is C19H17N3O9S2. The summed E-state index contributed by atoms with van der Waals surface area (Å²) in [4.78, 5) is 9.48. The molecule has 1 amide bonds. The zero-order valence-electron chi connectivity index (χ0n) is 17.0. The maximum absolute atomic E-state index is 11.9. The van der Waals surface area contributed by atoms with Crippen LogP contribution in [0, 0.1) is 6.92 Å². The fourth-order valence-corrected chi connectivity index (χ4v) is 4.23. The third-order valence-electron chi connectivity index (χ3n) is 4.45. The summed E-state index contributed by atoms with van der Waals surface area (Å²) in [5.74, 6) is -2.00. The summed E-state index contributed by atoms with van der Waals surface area (Å²) in [6.07, 6.45) is 0. The van der Waals surface area contributed by atoms with E-state index < -0.39 is 47.2 Å². The molecule has 174 valence electrons. The molecule has 0 aliphatic carbocycles. The first-order valence-corrected chi connectivity index (χ1v) is 11.8. The summed E-state index contributed by atoms with van der Waals surface area (Å²) in [5.41, 5.74) is 0.520. The average molecular weight is 495 g/mol. The summed E-state index contributed by atoms with van der Waals surface area (Å²) < 4.78 is 65.4. The van der Waals surface area contributed by atoms with Crippen LogP contribution in [0.4, 0.5) is 17.1 Å². The number of aromatic hydroxyl groups is 2. The quantitative estimate of drug-likeness (QED) is 0.259. The SMILES string of the molecule is CC(=O)Nc1ccc(N=Nc2c(S(=O)(=O)O)cc3cc(S(=O)(=O)O)cc(O)c3c2O)c(C)c1. The average Bonchev–Trinajstić information content (AvgIpc) is 2.65. The van der Waals surface area contributed by atoms with Gasteiger partial charge in [-0.05, 0) is 48.2 Å². The van der Waals surface area contributed by atoms with Gasteiger partial charge in [0, 0.05) is 18.7 Å². The summed E-state index contributed by atoms with van der Waals surface area (Å²) >= 11 is 0. The molecule has 12 nitrogen and oxygen atoms in total. The predicted octanol–water partition coefficient (Wildman–Crippen LogP) is 3.43. The highest BCUT2D eigenvalue weighted by Gasteiger charge is 2.25. The van der Waals surface area contributed by atoms with Crippen molar-refractivity contribution in [3.05, 3.63) is 42.0 Å². The van der Waals surface area contributed by atoms with Crippen LogP contribution in [0.25, 0.3) is 10.8 Å². The van der Waals surface area contributed by atoms with Gasteiger partial charge in [-0.1, -0.05) is 0 Å². The highest BCUT2D eigenvalue weighted by molar-refractivity contribution is 7.86. The van der Waals surface area contributed by atoms with E-state index in [1.165, 1.54) is 19.1 Å². The third kappa shape index (κ3) is 5.09. The van der Waals surface area contributed by atoms with E-state index in [2.05, 4.69) is 15.5 Å². The van der Waals surface area contributed by atoms with Crippen LogP contribution in [0.2, 0.25) is 0 Å². The lowest BCUT2D eigenvalue weighted by atomic mass is 10.1. The van der Waals surface area contributed by atoms with Gasteiger partial charge >= 0.3 is 0 Å². The number of carbonyl (C=O) groups excluding carboxylic acids is 1. The number of benzene rings is 3. The second kappa shape index (κ2) is 8.40. The molecule has 0 heterocycles. The van der Waals surface area contributed by atoms with E-state index in [0.717, 1.165) is 12.1 Å². The highest BCUT2D eigenvalue weighted by atomic mass is 32.2. The van der Waals surface area contributed by atoms with Crippen LogP contribution in [-0.2, 0) is 25.0 Å². The maximum atomic E-state index is 11.9. The van der Waals surface area contributed by atoms with Crippen molar-refractivity contribution in [2.24, 2.45) is 10.2 Å². The van der Waals surface area contributed by atoms with Gasteiger partial charge in [0.1, 0.15) is 16.3 Å². The van der Waals surface area contributed by atoms with E-state index in [0.29, 0.717) is 17.3 Å². The number of aryl methyl sites for hydroxylation is 1. The molecule has 3 aromatic carbocycles. The minimum absolute atomic E-state index is 0.232. The number of fused-ring (bicyclic) bond motifs is 1. The lowest BCUT2D eigenvalue weighted by Crippen LogP contribution is -2.05. The topological polar surface area (TPSA) is 203 Å². The third-order valence-corrected chi connectivity index (χ3v) is 6.15. The molecule has 0 saturated carbocycles. The van der Waals surface area contributed by atoms with Gasteiger partial charge in [-0.3, -0.25) is 13.9 Å². The molecule has 33 heavy (non-hydrogen) atoms. The molecule has 5 N–H and O–H groups in total. The number of anilines is 1. The number of hydrogen-bond acceptors (Lipinski definition) is 9. The van der Waals surface area contributed by atoms with Crippen molar-refractivity contribution in [3.8, 4) is 11.5 Å². The second-order valence-corrected chi connectivity index (χ2v) is 9.76. The van der Waals surface area contributed by atoms with Crippen LogP contribution in [0.5, 0.6) is 11.5 Å². The van der Waals surface area contributed by atoms with E-state index in [9.17, 15) is 40.9 Å². The number of amides is 1. The minimum atomic E-state index is -5.00. The first-order chi connectivity index (χ1) is 15.2. The number of rotatable bonds is 5. The second-order valence-electron chi connectivity index (χ2n) is 6.95. The van der Waals surface area contributed by atoms with Gasteiger partial charge < -0.3 is 15.5 Å². The number of azo groups is 1. The van der Waals surface area contributed by atoms with Gasteiger partial charge in [0.15, 0.2) is 5.75 Å². The summed E-state index contributed by atoms with van der Waals surface area (Å²) in [6.45, 7) is 2.96. The summed E-state index contributed by atoms with van der Waals surface area (Å²) in [5, 5.41) is 30.3. The van der Waals surface area contributed by atoms with E-state index in [4.69, 9.17) is 0 Å². The molecule has 0 radical (unpaired) electrons. The lowest BCUT2D eigenvalue weighted by molar-refractivity contribution is -0.114. The van der Waals surface area contributed by atoms with E-state index in [1.54, 1.807) is 13.0 Å². The van der Waals surface area contributed by atoms with Gasteiger partial charge in [-0.2, -0.15) is 21.9 Å². The molecule has 0 aliphatic rings. The molecule has 14 heteroatoms. The molecule has 3 aromatic rings. The van der Waals surface area contributed by atoms with E-state index in [-0.39, 0.29) is 22.4 Å². The number of nitrogens with zero attached hydrogens (tertiary/aromatic N) is 2. The molecule has 0 bridgehead atoms. The Kier molecular flexibility index (Phi) is 6.12. The van der Waals surface area contributed by atoms with Gasteiger partial charge in [0.05, 0.1) is 16.0 Å². The van der Waals surface area contributed by atoms with Gasteiger partial charge in [0.25, 0.3) is 20.2 Å². The van der Waals surface area contributed by atoms with Crippen LogP contribution in [0.15, 0.2) is 56.4 Å². The van der Waals surface area contributed by atoms with Gasteiger partial charge in [0.2, 0.25) is 5.91 Å². The standard InChI is InChI=1S/C19H17N3O9S2/c1-9-5-12(20-10(2)23)3-4-14(9)21-22-18-16(33(29,30)31)7-11-6-13(32(26,27)28)8-15(24)17(11)19(18)25/h3-8,24-25H,1-2H3,(H,20,23)(H,26,27,28)(H,29,30,31). The van der Waals surface area contributed by atoms with Crippen molar-refractivity contribution >= 4 is 54.0 Å². The van der Waals surface area contributed by atoms with Crippen LogP contribution in [-0.4, -0.2) is 42.1 Å². The zero-order chi connectivity index (χ0) is 24.7. The number of phenols is 2. The number of nitrogens with one attached hydrogen (secondary N) is 1. The lowest BCUT2D eigenvalue weighted by Gasteiger charge is -2.11. The Morgan fingerprint density at radius 3 is 2.15 bits per heavy atom. The van der Waals surface area contributed by atoms with Crippen molar-refractivity contribution in [1.29, 1.82) is 0 Å². The van der Waals surface area contributed by atoms with Crippen LogP contribution in [0.3, 0.4) is 0 Å². The van der Waals surface area contributed by atoms with Crippen molar-refractivity contribution in [1.82, 2.24) is 0 Å². The highest BCUT2D eigenvalue weighted by Crippen LogP contribution is 2.45. The number of phenolic OH excluding ortho intramolecular Hbond substituents is 2. The van der Waals surface area contributed by atoms with Crippen LogP contribution >= 0.6 is 0 Å². The van der Waals surface area contributed by atoms with Gasteiger partial charge in [-0.25, -0.2) is 0 Å². The van der Waals surface area contributed by atoms with Crippen molar-refractivity contribution in [2.75, 3.05) is 5.32 Å². The summed E-state index contributed by atoms with van der Waals surface area (Å²) in [6, 6.07) is 6.75. The van der Waals surface area contributed by atoms with E-state index >= 15 is 0 Å². The normalized spacial score (nSPS) is 12.4. The number of hydrogen-bond donors (Lipinski definition) is 5. The van der Waals surface area contributed by atoms with Crippen molar-refractivity contribution in [2.45, 2.75) is 23.6 Å². The Labute approximate surface area is 187 Å². The fraction of sp³-hybridized carbons (Fsp3) is 0.105. The van der Waals surface area contributed by atoms with Crippen LogP contribution < -0.4 is 5.32 Å². The molecule has 0 aromatic heterocycles. The number of carbonyl (C=O) groups is 1. The molecule has 0 aliphatic heterocycles. The van der Waals surface area contributed by atoms with Crippen LogP contribution in [0.1, 0.15) is 12.5 Å². The Morgan fingerprint density at radius 2 is 1.61 bits per heavy atom. The Hall–Kier alpha value is -3.59. The first kappa shape index (κ1) is 24.1. The predicted molar refractivity (Wildman–Crippen MR) is 117 cm³/mol. The maximum Gasteiger partial charge on any atom is 0.296 e. The smallest absolute Gasteiger partial charge is 0.296 e. The Morgan fingerprint density at radius 1 is 0.939 bits per heavy atom. The summed E-state index contributed by atoms with van der Waals surface area (Å²) in [7, 11) is -9.77. The molecule has 0 unspecified atom stereocenters.